The topological polar surface area (TPSA) is 46.5 Å². The monoisotopic (exact) mass is 282 g/mol. The molecule has 3 nitrogen and oxygen atoms in total. The van der Waals surface area contributed by atoms with Crippen LogP contribution < -0.4 is 4.74 Å². The second kappa shape index (κ2) is 6.75. The van der Waals surface area contributed by atoms with Gasteiger partial charge in [0.2, 0.25) is 0 Å². The molecule has 0 bridgehead atoms. The Bertz CT molecular complexity index is 642. The van der Waals surface area contributed by atoms with Crippen LogP contribution in [0.4, 0.5) is 0 Å². The maximum atomic E-state index is 11.0. The molecule has 0 saturated heterocycles. The number of carbonyl (C=O) groups is 1. The first-order chi connectivity index (χ1) is 10.1. The van der Waals surface area contributed by atoms with Crippen molar-refractivity contribution in [3.63, 3.8) is 0 Å². The van der Waals surface area contributed by atoms with E-state index in [2.05, 4.69) is 6.58 Å². The zero-order valence-electron chi connectivity index (χ0n) is 12.0. The molecule has 1 N–H and O–H groups in total. The van der Waals surface area contributed by atoms with Crippen molar-refractivity contribution in [1.29, 1.82) is 0 Å². The fourth-order valence-electron chi connectivity index (χ4n) is 1.92. The Hall–Kier alpha value is -2.55. The quantitative estimate of drug-likeness (QED) is 0.799. The zero-order chi connectivity index (χ0) is 15.2. The highest BCUT2D eigenvalue weighted by Crippen LogP contribution is 2.23. The van der Waals surface area contributed by atoms with E-state index >= 15 is 0 Å². The largest absolute Gasteiger partial charge is 0.493 e. The van der Waals surface area contributed by atoms with Crippen molar-refractivity contribution >= 4 is 5.97 Å². The summed E-state index contributed by atoms with van der Waals surface area (Å²) in [7, 11) is 0. The lowest BCUT2D eigenvalue weighted by molar-refractivity contribution is 0.0697. The van der Waals surface area contributed by atoms with E-state index in [0.717, 1.165) is 28.9 Å². The molecule has 2 aromatic carbocycles. The maximum absolute atomic E-state index is 11.0. The second-order valence-electron chi connectivity index (χ2n) is 4.97. The van der Waals surface area contributed by atoms with Crippen molar-refractivity contribution < 1.29 is 14.6 Å². The zero-order valence-corrected chi connectivity index (χ0v) is 12.0. The molecule has 0 fully saturated rings. The van der Waals surface area contributed by atoms with Gasteiger partial charge in [0.1, 0.15) is 5.75 Å². The van der Waals surface area contributed by atoms with E-state index in [-0.39, 0.29) is 5.56 Å². The normalized spacial score (nSPS) is 10.1. The Morgan fingerprint density at radius 2 is 1.86 bits per heavy atom. The molecule has 0 atom stereocenters. The average molecular weight is 282 g/mol. The third-order valence-electron chi connectivity index (χ3n) is 3.09. The number of rotatable bonds is 6. The molecule has 21 heavy (non-hydrogen) atoms. The molecule has 0 aromatic heterocycles. The van der Waals surface area contributed by atoms with E-state index in [0.29, 0.717) is 6.61 Å². The fraction of sp³-hybridized carbons (Fsp3) is 0.167. The molecule has 2 rings (SSSR count). The molecule has 0 spiro atoms. The molecule has 0 heterocycles. The Morgan fingerprint density at radius 1 is 1.14 bits per heavy atom. The van der Waals surface area contributed by atoms with E-state index in [1.807, 2.05) is 37.3 Å². The molecular weight excluding hydrogens is 264 g/mol. The summed E-state index contributed by atoms with van der Waals surface area (Å²) in [6, 6.07) is 14.5. The minimum Gasteiger partial charge on any atom is -0.493 e. The Kier molecular flexibility index (Phi) is 4.77. The smallest absolute Gasteiger partial charge is 0.335 e. The Morgan fingerprint density at radius 3 is 2.48 bits per heavy atom. The minimum atomic E-state index is -0.920. The summed E-state index contributed by atoms with van der Waals surface area (Å²) in [5.74, 6) is -0.119. The molecule has 0 amide bonds. The first-order valence-electron chi connectivity index (χ1n) is 6.77. The van der Waals surface area contributed by atoms with E-state index in [1.165, 1.54) is 0 Å². The van der Waals surface area contributed by atoms with Crippen LogP contribution in [0.25, 0.3) is 11.1 Å². The van der Waals surface area contributed by atoms with Gasteiger partial charge >= 0.3 is 5.97 Å². The summed E-state index contributed by atoms with van der Waals surface area (Å²) in [4.78, 5) is 11.0. The molecular formula is C18H18O3. The van der Waals surface area contributed by atoms with E-state index < -0.39 is 5.97 Å². The lowest BCUT2D eigenvalue weighted by atomic mass is 10.0. The molecule has 0 saturated carbocycles. The van der Waals surface area contributed by atoms with Crippen molar-refractivity contribution in [3.05, 3.63) is 66.2 Å². The number of benzene rings is 2. The molecule has 0 aliphatic rings. The van der Waals surface area contributed by atoms with Gasteiger partial charge < -0.3 is 9.84 Å². The number of carboxylic acids is 1. The fourth-order valence-corrected chi connectivity index (χ4v) is 1.92. The predicted molar refractivity (Wildman–Crippen MR) is 83.8 cm³/mol. The molecule has 108 valence electrons. The minimum absolute atomic E-state index is 0.286. The van der Waals surface area contributed by atoms with Gasteiger partial charge in [0.05, 0.1) is 12.2 Å². The van der Waals surface area contributed by atoms with Gasteiger partial charge in [-0.15, -0.1) is 6.58 Å². The van der Waals surface area contributed by atoms with E-state index in [9.17, 15) is 4.79 Å². The third-order valence-corrected chi connectivity index (χ3v) is 3.09. The highest BCUT2D eigenvalue weighted by molar-refractivity contribution is 5.89. The average Bonchev–Trinajstić information content (AvgIpc) is 2.48. The van der Waals surface area contributed by atoms with Gasteiger partial charge in [-0.1, -0.05) is 29.8 Å². The van der Waals surface area contributed by atoms with Crippen LogP contribution in [-0.4, -0.2) is 17.7 Å². The number of aromatic carboxylic acids is 1. The molecule has 0 aliphatic heterocycles. The van der Waals surface area contributed by atoms with Crippen molar-refractivity contribution in [2.75, 3.05) is 6.61 Å². The highest BCUT2D eigenvalue weighted by Gasteiger charge is 2.05. The first-order valence-corrected chi connectivity index (χ1v) is 6.77. The van der Waals surface area contributed by atoms with Gasteiger partial charge in [-0.2, -0.15) is 0 Å². The van der Waals surface area contributed by atoms with Gasteiger partial charge in [0, 0.05) is 6.42 Å². The van der Waals surface area contributed by atoms with Gasteiger partial charge in [-0.05, 0) is 42.3 Å². The van der Waals surface area contributed by atoms with E-state index in [4.69, 9.17) is 9.84 Å². The van der Waals surface area contributed by atoms with Gasteiger partial charge in [0.25, 0.3) is 0 Å². The van der Waals surface area contributed by atoms with Crippen LogP contribution in [0, 0.1) is 0 Å². The molecule has 0 aliphatic carbocycles. The third kappa shape index (κ3) is 4.21. The number of hydrogen-bond acceptors (Lipinski definition) is 2. The number of hydrogen-bond donors (Lipinski definition) is 1. The molecule has 2 aromatic rings. The molecule has 3 heteroatoms. The van der Waals surface area contributed by atoms with Gasteiger partial charge in [0.15, 0.2) is 0 Å². The van der Waals surface area contributed by atoms with Crippen LogP contribution in [0.2, 0.25) is 0 Å². The van der Waals surface area contributed by atoms with Crippen LogP contribution in [0.3, 0.4) is 0 Å². The molecule has 0 radical (unpaired) electrons. The van der Waals surface area contributed by atoms with Crippen molar-refractivity contribution in [2.45, 2.75) is 13.3 Å². The van der Waals surface area contributed by atoms with Crippen molar-refractivity contribution in [1.82, 2.24) is 0 Å². The van der Waals surface area contributed by atoms with Crippen LogP contribution in [0.1, 0.15) is 23.7 Å². The summed E-state index contributed by atoms with van der Waals surface area (Å²) in [6.07, 6.45) is 0.836. The van der Waals surface area contributed by atoms with Gasteiger partial charge in [-0.3, -0.25) is 0 Å². The number of carboxylic acid groups (broad SMARTS) is 1. The second-order valence-corrected chi connectivity index (χ2v) is 4.97. The Labute approximate surface area is 124 Å². The SMILES string of the molecule is C=C(C)CCOc1ccc(-c2cccc(C(=O)O)c2)cc1. The summed E-state index contributed by atoms with van der Waals surface area (Å²) < 4.78 is 5.61. The maximum Gasteiger partial charge on any atom is 0.335 e. The van der Waals surface area contributed by atoms with Gasteiger partial charge in [-0.25, -0.2) is 4.79 Å². The summed E-state index contributed by atoms with van der Waals surface area (Å²) >= 11 is 0. The lowest BCUT2D eigenvalue weighted by Crippen LogP contribution is -1.97. The molecule has 0 unspecified atom stereocenters. The van der Waals surface area contributed by atoms with Crippen molar-refractivity contribution in [2.24, 2.45) is 0 Å². The van der Waals surface area contributed by atoms with Crippen LogP contribution in [0.15, 0.2) is 60.7 Å². The van der Waals surface area contributed by atoms with Crippen LogP contribution >= 0.6 is 0 Å². The lowest BCUT2D eigenvalue weighted by Gasteiger charge is -2.08. The van der Waals surface area contributed by atoms with E-state index in [1.54, 1.807) is 18.2 Å². The summed E-state index contributed by atoms with van der Waals surface area (Å²) in [5.41, 5.74) is 3.22. The first kappa shape index (κ1) is 14.9. The van der Waals surface area contributed by atoms with Crippen LogP contribution in [0.5, 0.6) is 5.75 Å². The predicted octanol–water partition coefficient (Wildman–Crippen LogP) is 4.40. The summed E-state index contributed by atoms with van der Waals surface area (Å²) in [5, 5.41) is 9.02. The number of ether oxygens (including phenoxy) is 1. The summed E-state index contributed by atoms with van der Waals surface area (Å²) in [6.45, 7) is 6.42. The van der Waals surface area contributed by atoms with Crippen molar-refractivity contribution in [3.8, 4) is 16.9 Å². The van der Waals surface area contributed by atoms with Crippen LogP contribution in [-0.2, 0) is 0 Å². The highest BCUT2D eigenvalue weighted by atomic mass is 16.5. The Balaban J connectivity index is 2.09. The standard InChI is InChI=1S/C18H18O3/c1-13(2)10-11-21-17-8-6-14(7-9-17)15-4-3-5-16(12-15)18(19)20/h3-9,12H,1,10-11H2,2H3,(H,19,20).